The Labute approximate surface area is 267 Å². The molecule has 0 N–H and O–H groups in total. The van der Waals surface area contributed by atoms with Crippen molar-refractivity contribution in [3.8, 4) is 11.5 Å². The Morgan fingerprint density at radius 2 is 0.864 bits per heavy atom. The molecule has 8 heteroatoms. The fraction of sp³-hybridized carbons (Fsp3) is 0.611. The van der Waals surface area contributed by atoms with E-state index in [1.807, 2.05) is 36.4 Å². The summed E-state index contributed by atoms with van der Waals surface area (Å²) < 4.78 is 11.2. The number of amides is 2. The lowest BCUT2D eigenvalue weighted by Gasteiger charge is -2.27. The van der Waals surface area contributed by atoms with E-state index >= 15 is 0 Å². The van der Waals surface area contributed by atoms with Crippen LogP contribution in [0.4, 0.5) is 9.59 Å². The molecule has 0 aromatic heterocycles. The second-order valence-electron chi connectivity index (χ2n) is 12.7. The van der Waals surface area contributed by atoms with Crippen LogP contribution in [-0.2, 0) is 13.1 Å². The van der Waals surface area contributed by atoms with Crippen molar-refractivity contribution in [2.75, 3.05) is 41.3 Å². The molecule has 0 spiro atoms. The normalized spacial score (nSPS) is 11.5. The Bertz CT molecular complexity index is 1030. The van der Waals surface area contributed by atoms with Gasteiger partial charge in [0.25, 0.3) is 0 Å². The molecule has 0 saturated heterocycles. The van der Waals surface area contributed by atoms with Gasteiger partial charge in [-0.25, -0.2) is 9.59 Å². The summed E-state index contributed by atoms with van der Waals surface area (Å²) in [5.74, 6) is 1.28. The van der Waals surface area contributed by atoms with Crippen LogP contribution in [0.5, 0.6) is 11.5 Å². The monoisotopic (exact) mass is 610 g/mol. The van der Waals surface area contributed by atoms with Crippen molar-refractivity contribution in [2.45, 2.75) is 104 Å². The van der Waals surface area contributed by atoms with E-state index in [0.29, 0.717) is 23.6 Å². The highest BCUT2D eigenvalue weighted by molar-refractivity contribution is 5.71. The zero-order valence-electron chi connectivity index (χ0n) is 28.7. The molecule has 0 aliphatic rings. The summed E-state index contributed by atoms with van der Waals surface area (Å²) in [7, 11) is 6.79. The second-order valence-corrected chi connectivity index (χ2v) is 12.7. The van der Waals surface area contributed by atoms with E-state index in [9.17, 15) is 9.59 Å². The van der Waals surface area contributed by atoms with Gasteiger partial charge in [-0.3, -0.25) is 9.80 Å². The molecule has 0 atom stereocenters. The number of rotatable bonds is 19. The Morgan fingerprint density at radius 1 is 0.545 bits per heavy atom. The quantitative estimate of drug-likeness (QED) is 0.150. The summed E-state index contributed by atoms with van der Waals surface area (Å²) in [4.78, 5) is 32.0. The molecule has 0 unspecified atom stereocenters. The van der Waals surface area contributed by atoms with Crippen molar-refractivity contribution in [3.05, 3.63) is 59.7 Å². The van der Waals surface area contributed by atoms with E-state index in [1.165, 1.54) is 61.2 Å². The highest BCUT2D eigenvalue weighted by Gasteiger charge is 2.17. The summed E-state index contributed by atoms with van der Waals surface area (Å²) in [6.07, 6.45) is 9.21. The number of unbranched alkanes of at least 4 members (excludes halogenated alkanes) is 7. The minimum Gasteiger partial charge on any atom is -0.410 e. The molecule has 0 radical (unpaired) electrons. The first kappa shape index (κ1) is 37.1. The zero-order chi connectivity index (χ0) is 32.5. The molecule has 2 aromatic carbocycles. The van der Waals surface area contributed by atoms with Crippen molar-refractivity contribution < 1.29 is 19.1 Å². The first-order valence-corrected chi connectivity index (χ1v) is 16.4. The molecule has 2 rings (SSSR count). The van der Waals surface area contributed by atoms with Crippen molar-refractivity contribution >= 4 is 12.2 Å². The van der Waals surface area contributed by atoms with Crippen molar-refractivity contribution in [1.82, 2.24) is 19.6 Å². The maximum absolute atomic E-state index is 12.1. The van der Waals surface area contributed by atoms with Crippen LogP contribution in [0.25, 0.3) is 0 Å². The van der Waals surface area contributed by atoms with E-state index in [-0.39, 0.29) is 12.2 Å². The number of hydrogen-bond acceptors (Lipinski definition) is 6. The van der Waals surface area contributed by atoms with Gasteiger partial charge < -0.3 is 19.3 Å². The molecule has 0 saturated carbocycles. The number of carbonyl (C=O) groups is 2. The first-order valence-electron chi connectivity index (χ1n) is 16.4. The maximum atomic E-state index is 12.1. The average Bonchev–Trinajstić information content (AvgIpc) is 2.98. The SMILES string of the molecule is CC(C)N(CCCCCCCCCCN(Cc1ccccc1OC(=O)N(C)C)C(C)C)Cc1ccccc1OC(=O)N(C)C. The Hall–Kier alpha value is -3.10. The molecule has 2 amide bonds. The van der Waals surface area contributed by atoms with Gasteiger partial charge in [-0.1, -0.05) is 74.9 Å². The van der Waals surface area contributed by atoms with E-state index in [4.69, 9.17) is 9.47 Å². The Balaban J connectivity index is 1.67. The van der Waals surface area contributed by atoms with Crippen LogP contribution in [-0.4, -0.2) is 85.2 Å². The van der Waals surface area contributed by atoms with Crippen LogP contribution < -0.4 is 9.47 Å². The number of carbonyl (C=O) groups excluding carboxylic acids is 2. The molecule has 8 nitrogen and oxygen atoms in total. The summed E-state index contributed by atoms with van der Waals surface area (Å²) >= 11 is 0. The first-order chi connectivity index (χ1) is 21.0. The number of nitrogens with zero attached hydrogens (tertiary/aromatic N) is 4. The largest absolute Gasteiger partial charge is 0.414 e. The lowest BCUT2D eigenvalue weighted by molar-refractivity contribution is 0.168. The summed E-state index contributed by atoms with van der Waals surface area (Å²) in [6, 6.07) is 16.5. The van der Waals surface area contributed by atoms with Crippen LogP contribution in [0.15, 0.2) is 48.5 Å². The molecule has 44 heavy (non-hydrogen) atoms. The maximum Gasteiger partial charge on any atom is 0.414 e. The minimum absolute atomic E-state index is 0.350. The Kier molecular flexibility index (Phi) is 16.9. The summed E-state index contributed by atoms with van der Waals surface area (Å²) in [6.45, 7) is 12.5. The molecule has 0 fully saturated rings. The lowest BCUT2D eigenvalue weighted by Crippen LogP contribution is -2.32. The van der Waals surface area contributed by atoms with Crippen LogP contribution in [0, 0.1) is 0 Å². The van der Waals surface area contributed by atoms with Crippen LogP contribution in [0.2, 0.25) is 0 Å². The molecular weight excluding hydrogens is 552 g/mol. The van der Waals surface area contributed by atoms with Gasteiger partial charge in [-0.2, -0.15) is 0 Å². The highest BCUT2D eigenvalue weighted by Crippen LogP contribution is 2.23. The number of para-hydroxylation sites is 2. The van der Waals surface area contributed by atoms with Crippen molar-refractivity contribution in [2.24, 2.45) is 0 Å². The van der Waals surface area contributed by atoms with E-state index in [0.717, 1.165) is 37.3 Å². The average molecular weight is 611 g/mol. The van der Waals surface area contributed by atoms with Gasteiger partial charge in [0.15, 0.2) is 0 Å². The third kappa shape index (κ3) is 13.7. The third-order valence-corrected chi connectivity index (χ3v) is 7.92. The topological polar surface area (TPSA) is 65.6 Å². The smallest absolute Gasteiger partial charge is 0.410 e. The number of hydrogen-bond donors (Lipinski definition) is 0. The van der Waals surface area contributed by atoms with Gasteiger partial charge in [0.2, 0.25) is 0 Å². The third-order valence-electron chi connectivity index (χ3n) is 7.92. The van der Waals surface area contributed by atoms with Crippen LogP contribution in [0.3, 0.4) is 0 Å². The van der Waals surface area contributed by atoms with Gasteiger partial charge in [0.05, 0.1) is 0 Å². The van der Waals surface area contributed by atoms with Crippen LogP contribution in [0.1, 0.15) is 90.2 Å². The van der Waals surface area contributed by atoms with E-state index < -0.39 is 0 Å². The predicted molar refractivity (Wildman–Crippen MR) is 180 cm³/mol. The van der Waals surface area contributed by atoms with Crippen molar-refractivity contribution in [3.63, 3.8) is 0 Å². The van der Waals surface area contributed by atoms with Gasteiger partial charge in [-0.15, -0.1) is 0 Å². The molecule has 246 valence electrons. The fourth-order valence-electron chi connectivity index (χ4n) is 5.01. The number of ether oxygens (including phenoxy) is 2. The Morgan fingerprint density at radius 3 is 1.18 bits per heavy atom. The molecule has 2 aromatic rings. The molecular formula is C36H58N4O4. The lowest BCUT2D eigenvalue weighted by atomic mass is 10.1. The van der Waals surface area contributed by atoms with Crippen LogP contribution >= 0.6 is 0 Å². The molecule has 0 aliphatic carbocycles. The van der Waals surface area contributed by atoms with E-state index in [1.54, 1.807) is 28.2 Å². The highest BCUT2D eigenvalue weighted by atomic mass is 16.6. The van der Waals surface area contributed by atoms with Gasteiger partial charge >= 0.3 is 12.2 Å². The summed E-state index contributed by atoms with van der Waals surface area (Å²) in [5, 5.41) is 0. The standard InChI is InChI=1S/C36H58N4O4/c1-29(2)39(27-31-21-15-17-23-33(31)43-35(41)37(5)6)25-19-13-11-9-10-12-14-20-26-40(30(3)4)28-32-22-16-18-24-34(32)44-36(42)38(7)8/h15-18,21-24,29-30H,9-14,19-20,25-28H2,1-8H3. The van der Waals surface area contributed by atoms with Gasteiger partial charge in [0.1, 0.15) is 11.5 Å². The minimum atomic E-state index is -0.350. The summed E-state index contributed by atoms with van der Waals surface area (Å²) in [5.41, 5.74) is 2.09. The van der Waals surface area contributed by atoms with Gasteiger partial charge in [-0.05, 0) is 65.8 Å². The molecule has 0 heterocycles. The molecule has 0 aliphatic heterocycles. The predicted octanol–water partition coefficient (Wildman–Crippen LogP) is 8.05. The zero-order valence-corrected chi connectivity index (χ0v) is 28.7. The van der Waals surface area contributed by atoms with Gasteiger partial charge in [0, 0.05) is 64.5 Å². The van der Waals surface area contributed by atoms with E-state index in [2.05, 4.69) is 49.6 Å². The fourth-order valence-corrected chi connectivity index (χ4v) is 5.01. The number of benzene rings is 2. The second kappa shape index (κ2) is 20.0. The van der Waals surface area contributed by atoms with Crippen molar-refractivity contribution in [1.29, 1.82) is 0 Å². The molecule has 0 bridgehead atoms.